The first kappa shape index (κ1) is 11.4. The van der Waals surface area contributed by atoms with Crippen molar-refractivity contribution >= 4 is 11.7 Å². The molecule has 1 aromatic rings. The second kappa shape index (κ2) is 5.24. The maximum atomic E-state index is 11.6. The van der Waals surface area contributed by atoms with Gasteiger partial charge in [-0.3, -0.25) is 0 Å². The molecule has 1 aromatic carbocycles. The summed E-state index contributed by atoms with van der Waals surface area (Å²) in [6.07, 6.45) is 0. The van der Waals surface area contributed by atoms with E-state index in [1.165, 1.54) is 6.07 Å². The number of aromatic hydroxyl groups is 1. The van der Waals surface area contributed by atoms with Crippen LogP contribution in [-0.2, 0) is 0 Å². The van der Waals surface area contributed by atoms with Gasteiger partial charge in [-0.1, -0.05) is 12.1 Å². The maximum Gasteiger partial charge on any atom is 0.321 e. The van der Waals surface area contributed by atoms with Gasteiger partial charge in [0.2, 0.25) is 0 Å². The number of rotatable bonds is 3. The highest BCUT2D eigenvalue weighted by atomic mass is 16.3. The van der Waals surface area contributed by atoms with Crippen LogP contribution in [0.3, 0.4) is 0 Å². The monoisotopic (exact) mass is 208 g/mol. The Morgan fingerprint density at radius 3 is 2.47 bits per heavy atom. The number of phenolic OH excluding ortho intramolecular Hbond substituents is 1. The Bertz CT molecular complexity index is 335. The standard InChI is InChI=1S/C11H16N2O2/c1-3-13(4-2)11(15)12-9-7-5-6-8-10(9)14/h5-8,14H,3-4H2,1-2H3,(H,12,15). The summed E-state index contributed by atoms with van der Waals surface area (Å²) in [7, 11) is 0. The topological polar surface area (TPSA) is 52.6 Å². The molecule has 2 N–H and O–H groups in total. The van der Waals surface area contributed by atoms with Gasteiger partial charge < -0.3 is 15.3 Å². The summed E-state index contributed by atoms with van der Waals surface area (Å²) >= 11 is 0. The third kappa shape index (κ3) is 2.87. The lowest BCUT2D eigenvalue weighted by Crippen LogP contribution is -2.34. The number of urea groups is 1. The number of phenols is 1. The Labute approximate surface area is 89.5 Å². The van der Waals surface area contributed by atoms with Gasteiger partial charge in [0, 0.05) is 13.1 Å². The average Bonchev–Trinajstić information content (AvgIpc) is 2.23. The van der Waals surface area contributed by atoms with Gasteiger partial charge in [-0.15, -0.1) is 0 Å². The van der Waals surface area contributed by atoms with Gasteiger partial charge in [0.1, 0.15) is 5.75 Å². The molecule has 0 fully saturated rings. The van der Waals surface area contributed by atoms with Crippen LogP contribution in [0.25, 0.3) is 0 Å². The van der Waals surface area contributed by atoms with E-state index >= 15 is 0 Å². The van der Waals surface area contributed by atoms with Crippen LogP contribution in [0.15, 0.2) is 24.3 Å². The van der Waals surface area contributed by atoms with E-state index < -0.39 is 0 Å². The first-order valence-corrected chi connectivity index (χ1v) is 5.03. The molecule has 0 aliphatic rings. The zero-order chi connectivity index (χ0) is 11.3. The molecule has 0 aromatic heterocycles. The largest absolute Gasteiger partial charge is 0.506 e. The molecule has 0 radical (unpaired) electrons. The molecule has 0 unspecified atom stereocenters. The van der Waals surface area contributed by atoms with E-state index in [1.807, 2.05) is 13.8 Å². The minimum Gasteiger partial charge on any atom is -0.506 e. The van der Waals surface area contributed by atoms with Crippen molar-refractivity contribution in [2.45, 2.75) is 13.8 Å². The highest BCUT2D eigenvalue weighted by Gasteiger charge is 2.10. The molecule has 0 saturated carbocycles. The summed E-state index contributed by atoms with van der Waals surface area (Å²) in [5.74, 6) is 0.0815. The van der Waals surface area contributed by atoms with Gasteiger partial charge in [0.15, 0.2) is 0 Å². The molecular formula is C11H16N2O2. The summed E-state index contributed by atoms with van der Waals surface area (Å²) in [5.41, 5.74) is 0.439. The Hall–Kier alpha value is -1.71. The molecule has 0 heterocycles. The molecule has 0 aliphatic heterocycles. The van der Waals surface area contributed by atoms with E-state index in [4.69, 9.17) is 0 Å². The lowest BCUT2D eigenvalue weighted by atomic mass is 10.3. The molecule has 0 atom stereocenters. The van der Waals surface area contributed by atoms with Crippen molar-refractivity contribution in [1.82, 2.24) is 4.90 Å². The predicted octanol–water partition coefficient (Wildman–Crippen LogP) is 2.27. The van der Waals surface area contributed by atoms with Crippen molar-refractivity contribution in [1.29, 1.82) is 0 Å². The predicted molar refractivity (Wildman–Crippen MR) is 60.0 cm³/mol. The van der Waals surface area contributed by atoms with Crippen LogP contribution in [0.2, 0.25) is 0 Å². The van der Waals surface area contributed by atoms with Crippen LogP contribution in [0.5, 0.6) is 5.75 Å². The number of hydrogen-bond acceptors (Lipinski definition) is 2. The van der Waals surface area contributed by atoms with E-state index in [9.17, 15) is 9.90 Å². The smallest absolute Gasteiger partial charge is 0.321 e. The molecule has 1 rings (SSSR count). The van der Waals surface area contributed by atoms with Gasteiger partial charge >= 0.3 is 6.03 Å². The molecule has 4 heteroatoms. The molecule has 0 spiro atoms. The molecule has 0 saturated heterocycles. The number of para-hydroxylation sites is 2. The van der Waals surface area contributed by atoms with E-state index in [0.717, 1.165) is 0 Å². The summed E-state index contributed by atoms with van der Waals surface area (Å²) in [4.78, 5) is 13.3. The number of hydrogen-bond donors (Lipinski definition) is 2. The Morgan fingerprint density at radius 1 is 1.33 bits per heavy atom. The van der Waals surface area contributed by atoms with Crippen LogP contribution in [-0.4, -0.2) is 29.1 Å². The van der Waals surface area contributed by atoms with Gasteiger partial charge in [0.25, 0.3) is 0 Å². The molecule has 0 bridgehead atoms. The summed E-state index contributed by atoms with van der Waals surface area (Å²) < 4.78 is 0. The van der Waals surface area contributed by atoms with Crippen LogP contribution in [0.4, 0.5) is 10.5 Å². The SMILES string of the molecule is CCN(CC)C(=O)Nc1ccccc1O. The molecule has 4 nitrogen and oxygen atoms in total. The third-order valence-electron chi connectivity index (χ3n) is 2.20. The van der Waals surface area contributed by atoms with Crippen molar-refractivity contribution in [2.75, 3.05) is 18.4 Å². The van der Waals surface area contributed by atoms with E-state index in [2.05, 4.69) is 5.32 Å². The van der Waals surface area contributed by atoms with Gasteiger partial charge in [-0.25, -0.2) is 4.79 Å². The first-order valence-electron chi connectivity index (χ1n) is 5.03. The van der Waals surface area contributed by atoms with Gasteiger partial charge in [-0.2, -0.15) is 0 Å². The number of amides is 2. The lowest BCUT2D eigenvalue weighted by molar-refractivity contribution is 0.217. The van der Waals surface area contributed by atoms with Gasteiger partial charge in [0.05, 0.1) is 5.69 Å². The summed E-state index contributed by atoms with van der Waals surface area (Å²) in [5, 5.41) is 12.1. The highest BCUT2D eigenvalue weighted by Crippen LogP contribution is 2.21. The third-order valence-corrected chi connectivity index (χ3v) is 2.20. The minimum absolute atomic E-state index is 0.0815. The molecule has 0 aliphatic carbocycles. The van der Waals surface area contributed by atoms with Crippen molar-refractivity contribution in [3.05, 3.63) is 24.3 Å². The highest BCUT2D eigenvalue weighted by molar-refractivity contribution is 5.90. The van der Waals surface area contributed by atoms with E-state index in [0.29, 0.717) is 18.8 Å². The van der Waals surface area contributed by atoms with Crippen molar-refractivity contribution in [3.63, 3.8) is 0 Å². The molecule has 15 heavy (non-hydrogen) atoms. The first-order chi connectivity index (χ1) is 7.19. The fraction of sp³-hybridized carbons (Fsp3) is 0.364. The second-order valence-electron chi connectivity index (χ2n) is 3.12. The maximum absolute atomic E-state index is 11.6. The van der Waals surface area contributed by atoms with E-state index in [1.54, 1.807) is 23.1 Å². The van der Waals surface area contributed by atoms with Crippen LogP contribution < -0.4 is 5.32 Å². The number of carbonyl (C=O) groups is 1. The number of nitrogens with one attached hydrogen (secondary N) is 1. The van der Waals surface area contributed by atoms with Crippen molar-refractivity contribution in [2.24, 2.45) is 0 Å². The van der Waals surface area contributed by atoms with Crippen LogP contribution >= 0.6 is 0 Å². The Balaban J connectivity index is 2.70. The number of anilines is 1. The van der Waals surface area contributed by atoms with E-state index in [-0.39, 0.29) is 11.8 Å². The lowest BCUT2D eigenvalue weighted by Gasteiger charge is -2.19. The van der Waals surface area contributed by atoms with Crippen molar-refractivity contribution < 1.29 is 9.90 Å². The Kier molecular flexibility index (Phi) is 3.97. The molecule has 2 amide bonds. The van der Waals surface area contributed by atoms with Crippen LogP contribution in [0.1, 0.15) is 13.8 Å². The van der Waals surface area contributed by atoms with Crippen molar-refractivity contribution in [3.8, 4) is 5.75 Å². The number of nitrogens with zero attached hydrogens (tertiary/aromatic N) is 1. The fourth-order valence-corrected chi connectivity index (χ4v) is 1.28. The van der Waals surface area contributed by atoms with Gasteiger partial charge in [-0.05, 0) is 26.0 Å². The zero-order valence-electron chi connectivity index (χ0n) is 9.03. The Morgan fingerprint density at radius 2 is 1.93 bits per heavy atom. The second-order valence-corrected chi connectivity index (χ2v) is 3.12. The quantitative estimate of drug-likeness (QED) is 0.749. The summed E-state index contributed by atoms with van der Waals surface area (Å²) in [6, 6.07) is 6.48. The average molecular weight is 208 g/mol. The molecular weight excluding hydrogens is 192 g/mol. The number of benzene rings is 1. The number of carbonyl (C=O) groups excluding carboxylic acids is 1. The fourth-order valence-electron chi connectivity index (χ4n) is 1.28. The normalized spacial score (nSPS) is 9.73. The zero-order valence-corrected chi connectivity index (χ0v) is 9.03. The summed E-state index contributed by atoms with van der Waals surface area (Å²) in [6.45, 7) is 5.12. The minimum atomic E-state index is -0.193. The molecule has 82 valence electrons. The van der Waals surface area contributed by atoms with Crippen LogP contribution in [0, 0.1) is 0 Å².